The fourth-order valence-electron chi connectivity index (χ4n) is 2.40. The van der Waals surface area contributed by atoms with Gasteiger partial charge in [-0.05, 0) is 31.5 Å². The molecular weight excluding hydrogens is 330 g/mol. The van der Waals surface area contributed by atoms with Gasteiger partial charge in [0.25, 0.3) is 5.91 Å². The first-order valence-electron chi connectivity index (χ1n) is 7.78. The van der Waals surface area contributed by atoms with Crippen molar-refractivity contribution in [3.8, 4) is 5.69 Å². The van der Waals surface area contributed by atoms with Gasteiger partial charge in [0, 0.05) is 5.02 Å². The van der Waals surface area contributed by atoms with Crippen LogP contribution in [0.3, 0.4) is 0 Å². The van der Waals surface area contributed by atoms with Crippen LogP contribution < -0.4 is 5.32 Å². The van der Waals surface area contributed by atoms with Gasteiger partial charge >= 0.3 is 5.97 Å². The number of aromatic nitrogens is 2. The number of benzene rings is 1. The number of amides is 1. The highest BCUT2D eigenvalue weighted by atomic mass is 35.5. The zero-order valence-electron chi connectivity index (χ0n) is 13.6. The number of nitrogens with zero attached hydrogens (tertiary/aromatic N) is 2. The Morgan fingerprint density at radius 2 is 2.17 bits per heavy atom. The summed E-state index contributed by atoms with van der Waals surface area (Å²) in [6, 6.07) is 6.22. The van der Waals surface area contributed by atoms with Gasteiger partial charge in [-0.1, -0.05) is 37.4 Å². The molecule has 0 radical (unpaired) electrons. The summed E-state index contributed by atoms with van der Waals surface area (Å²) in [4.78, 5) is 23.7. The maximum Gasteiger partial charge on any atom is 0.326 e. The predicted octanol–water partition coefficient (Wildman–Crippen LogP) is 3.21. The molecule has 1 aromatic heterocycles. The lowest BCUT2D eigenvalue weighted by molar-refractivity contribution is -0.139. The smallest absolute Gasteiger partial charge is 0.326 e. The molecule has 0 saturated heterocycles. The van der Waals surface area contributed by atoms with Crippen molar-refractivity contribution in [2.75, 3.05) is 0 Å². The van der Waals surface area contributed by atoms with Gasteiger partial charge in [0.1, 0.15) is 6.04 Å². The van der Waals surface area contributed by atoms with E-state index in [-0.39, 0.29) is 0 Å². The van der Waals surface area contributed by atoms with Crippen molar-refractivity contribution in [3.63, 3.8) is 0 Å². The van der Waals surface area contributed by atoms with Gasteiger partial charge in [-0.3, -0.25) is 4.79 Å². The Morgan fingerprint density at radius 3 is 2.79 bits per heavy atom. The van der Waals surface area contributed by atoms with Crippen LogP contribution in [0.25, 0.3) is 5.69 Å². The third-order valence-electron chi connectivity index (χ3n) is 3.76. The molecule has 1 atom stereocenters. The molecule has 6 nitrogen and oxygen atoms in total. The minimum absolute atomic E-state index is 0.345. The summed E-state index contributed by atoms with van der Waals surface area (Å²) < 4.78 is 1.60. The molecule has 24 heavy (non-hydrogen) atoms. The molecule has 0 fully saturated rings. The van der Waals surface area contributed by atoms with Crippen LogP contribution >= 0.6 is 11.6 Å². The van der Waals surface area contributed by atoms with Crippen LogP contribution in [0.5, 0.6) is 0 Å². The Labute approximate surface area is 145 Å². The summed E-state index contributed by atoms with van der Waals surface area (Å²) in [7, 11) is 0. The lowest BCUT2D eigenvalue weighted by atomic mass is 10.1. The van der Waals surface area contributed by atoms with Crippen LogP contribution in [-0.2, 0) is 4.79 Å². The number of hydrogen-bond acceptors (Lipinski definition) is 3. The van der Waals surface area contributed by atoms with E-state index in [1.54, 1.807) is 29.8 Å². The van der Waals surface area contributed by atoms with Crippen molar-refractivity contribution < 1.29 is 14.7 Å². The second kappa shape index (κ2) is 7.97. The Morgan fingerprint density at radius 1 is 1.42 bits per heavy atom. The summed E-state index contributed by atoms with van der Waals surface area (Å²) in [5.74, 6) is -1.47. The highest BCUT2D eigenvalue weighted by molar-refractivity contribution is 6.30. The van der Waals surface area contributed by atoms with Crippen molar-refractivity contribution in [3.05, 3.63) is 46.7 Å². The molecule has 1 aromatic carbocycles. The Balaban J connectivity index is 2.20. The molecule has 0 bridgehead atoms. The Hall–Kier alpha value is -2.34. The van der Waals surface area contributed by atoms with Crippen molar-refractivity contribution in [2.24, 2.45) is 0 Å². The van der Waals surface area contributed by atoms with E-state index in [1.807, 2.05) is 13.0 Å². The molecule has 1 amide bonds. The summed E-state index contributed by atoms with van der Waals surface area (Å²) in [6.07, 6.45) is 3.44. The van der Waals surface area contributed by atoms with E-state index in [9.17, 15) is 14.7 Å². The number of carbonyl (C=O) groups excluding carboxylic acids is 1. The van der Waals surface area contributed by atoms with E-state index in [4.69, 9.17) is 11.6 Å². The molecule has 0 spiro atoms. The maximum atomic E-state index is 12.4. The van der Waals surface area contributed by atoms with E-state index < -0.39 is 17.9 Å². The van der Waals surface area contributed by atoms with Crippen LogP contribution in [0.2, 0.25) is 5.02 Å². The molecule has 2 N–H and O–H groups in total. The van der Waals surface area contributed by atoms with Crippen molar-refractivity contribution in [1.29, 1.82) is 0 Å². The highest BCUT2D eigenvalue weighted by Crippen LogP contribution is 2.18. The molecule has 0 aliphatic rings. The van der Waals surface area contributed by atoms with E-state index in [0.717, 1.165) is 18.5 Å². The van der Waals surface area contributed by atoms with Crippen LogP contribution in [0.4, 0.5) is 0 Å². The molecule has 2 rings (SSSR count). The summed E-state index contributed by atoms with van der Waals surface area (Å²) in [5, 5.41) is 16.6. The zero-order valence-corrected chi connectivity index (χ0v) is 14.4. The standard InChI is InChI=1S/C17H20ClN3O3/c1-3-4-8-15(17(23)24)20-16(22)14-10-19-21(11(14)2)13-7-5-6-12(18)9-13/h5-7,9-10,15H,3-4,8H2,1-2H3,(H,20,22)(H,23,24)/t15-/m0/s1. The summed E-state index contributed by atoms with van der Waals surface area (Å²) >= 11 is 5.98. The number of halogens is 1. The number of carbonyl (C=O) groups is 2. The number of nitrogens with one attached hydrogen (secondary N) is 1. The predicted molar refractivity (Wildman–Crippen MR) is 91.7 cm³/mol. The SMILES string of the molecule is CCCC[C@H](NC(=O)c1cnn(-c2cccc(Cl)c2)c1C)C(=O)O. The fraction of sp³-hybridized carbons (Fsp3) is 0.353. The molecule has 0 aliphatic carbocycles. The van der Waals surface area contributed by atoms with Crippen molar-refractivity contribution in [1.82, 2.24) is 15.1 Å². The number of aliphatic carboxylic acids is 1. The third-order valence-corrected chi connectivity index (χ3v) is 3.99. The normalized spacial score (nSPS) is 12.0. The minimum Gasteiger partial charge on any atom is -0.480 e. The van der Waals surface area contributed by atoms with Gasteiger partial charge in [-0.25, -0.2) is 9.48 Å². The molecular formula is C17H20ClN3O3. The first-order chi connectivity index (χ1) is 11.4. The van der Waals surface area contributed by atoms with Gasteiger partial charge in [-0.2, -0.15) is 5.10 Å². The second-order valence-corrected chi connectivity index (χ2v) is 5.98. The highest BCUT2D eigenvalue weighted by Gasteiger charge is 2.22. The average molecular weight is 350 g/mol. The summed E-state index contributed by atoms with van der Waals surface area (Å²) in [6.45, 7) is 3.73. The lowest BCUT2D eigenvalue weighted by Crippen LogP contribution is -2.40. The molecule has 7 heteroatoms. The first-order valence-corrected chi connectivity index (χ1v) is 8.16. The van der Waals surface area contributed by atoms with Crippen molar-refractivity contribution >= 4 is 23.5 Å². The number of carboxylic acid groups (broad SMARTS) is 1. The molecule has 0 unspecified atom stereocenters. The lowest BCUT2D eigenvalue weighted by Gasteiger charge is -2.14. The van der Waals surface area contributed by atoms with E-state index in [1.165, 1.54) is 6.20 Å². The monoisotopic (exact) mass is 349 g/mol. The van der Waals surface area contributed by atoms with Crippen LogP contribution in [0.15, 0.2) is 30.5 Å². The van der Waals surface area contributed by atoms with Gasteiger partial charge in [-0.15, -0.1) is 0 Å². The Bertz CT molecular complexity index is 742. The molecule has 128 valence electrons. The average Bonchev–Trinajstić information content (AvgIpc) is 2.92. The van der Waals surface area contributed by atoms with Gasteiger partial charge < -0.3 is 10.4 Å². The summed E-state index contributed by atoms with van der Waals surface area (Å²) in [5.41, 5.74) is 1.70. The quantitative estimate of drug-likeness (QED) is 0.803. The van der Waals surface area contributed by atoms with E-state index in [2.05, 4.69) is 10.4 Å². The number of hydrogen-bond donors (Lipinski definition) is 2. The first kappa shape index (κ1) is 18.0. The molecule has 0 saturated carbocycles. The van der Waals surface area contributed by atoms with Crippen LogP contribution in [0.1, 0.15) is 42.2 Å². The van der Waals surface area contributed by atoms with E-state index in [0.29, 0.717) is 22.7 Å². The van der Waals surface area contributed by atoms with Gasteiger partial charge in [0.2, 0.25) is 0 Å². The molecule has 0 aliphatic heterocycles. The van der Waals surface area contributed by atoms with Gasteiger partial charge in [0.15, 0.2) is 0 Å². The number of carboxylic acids is 1. The van der Waals surface area contributed by atoms with Crippen LogP contribution in [0, 0.1) is 6.92 Å². The topological polar surface area (TPSA) is 84.2 Å². The molecule has 1 heterocycles. The van der Waals surface area contributed by atoms with Gasteiger partial charge in [0.05, 0.1) is 23.1 Å². The van der Waals surface area contributed by atoms with Crippen molar-refractivity contribution in [2.45, 2.75) is 39.2 Å². The Kier molecular flexibility index (Phi) is 5.98. The number of unbranched alkanes of at least 4 members (excludes halogenated alkanes) is 1. The molecule has 2 aromatic rings. The zero-order chi connectivity index (χ0) is 17.7. The third kappa shape index (κ3) is 4.14. The second-order valence-electron chi connectivity index (χ2n) is 5.54. The maximum absolute atomic E-state index is 12.4. The van der Waals surface area contributed by atoms with E-state index >= 15 is 0 Å². The fourth-order valence-corrected chi connectivity index (χ4v) is 2.59. The van der Waals surface area contributed by atoms with Crippen LogP contribution in [-0.4, -0.2) is 32.8 Å². The minimum atomic E-state index is -1.03. The largest absolute Gasteiger partial charge is 0.480 e. The number of rotatable bonds is 7.